The molecular weight excluding hydrogens is 497 g/mol. The highest BCUT2D eigenvalue weighted by Gasteiger charge is 2.48. The molecule has 0 unspecified atom stereocenters. The van der Waals surface area contributed by atoms with E-state index in [1.807, 2.05) is 18.2 Å². The molecule has 2 aromatic heterocycles. The van der Waals surface area contributed by atoms with Gasteiger partial charge in [0.2, 0.25) is 5.91 Å². The Balaban J connectivity index is 1.25. The van der Waals surface area contributed by atoms with Crippen molar-refractivity contribution >= 4 is 22.5 Å². The number of nitrogens with zero attached hydrogens (tertiary/aromatic N) is 2. The van der Waals surface area contributed by atoms with Gasteiger partial charge in [0.05, 0.1) is 31.4 Å². The molecular formula is C27H28FN3O7. The number of aromatic amines is 1. The van der Waals surface area contributed by atoms with Crippen LogP contribution < -0.4 is 9.47 Å². The summed E-state index contributed by atoms with van der Waals surface area (Å²) >= 11 is 0. The van der Waals surface area contributed by atoms with Crippen molar-refractivity contribution in [2.24, 2.45) is 0 Å². The van der Waals surface area contributed by atoms with Crippen molar-refractivity contribution in [2.45, 2.75) is 30.8 Å². The summed E-state index contributed by atoms with van der Waals surface area (Å²) in [5.41, 5.74) is 3.62. The number of carbonyl (C=O) groups is 1. The molecule has 38 heavy (non-hydrogen) atoms. The number of halogens is 1. The van der Waals surface area contributed by atoms with Gasteiger partial charge in [-0.2, -0.15) is 0 Å². The number of benzene rings is 1. The zero-order chi connectivity index (χ0) is 26.4. The van der Waals surface area contributed by atoms with Gasteiger partial charge in [-0.1, -0.05) is 12.1 Å². The molecule has 10 nitrogen and oxygen atoms in total. The predicted molar refractivity (Wildman–Crippen MR) is 134 cm³/mol. The number of aliphatic hydroxyl groups excluding tert-OH is 2. The molecule has 11 heteroatoms. The van der Waals surface area contributed by atoms with Gasteiger partial charge in [0.1, 0.15) is 36.4 Å². The Morgan fingerprint density at radius 2 is 2.08 bits per heavy atom. The minimum absolute atomic E-state index is 0.148. The molecule has 3 N–H and O–H groups in total. The highest BCUT2D eigenvalue weighted by Crippen LogP contribution is 2.36. The molecule has 1 amide bonds. The molecule has 0 saturated carbocycles. The molecule has 200 valence electrons. The second-order valence-corrected chi connectivity index (χ2v) is 9.60. The van der Waals surface area contributed by atoms with Gasteiger partial charge in [0, 0.05) is 30.8 Å². The Bertz CT molecular complexity index is 1410. The number of amides is 1. The minimum Gasteiger partial charge on any atom is -0.496 e. The summed E-state index contributed by atoms with van der Waals surface area (Å²) in [6.07, 6.45) is 0.745. The smallest absolute Gasteiger partial charge is 0.248 e. The Kier molecular flexibility index (Phi) is 6.52. The fraction of sp³-hybridized carbons (Fsp3) is 0.407. The fourth-order valence-electron chi connectivity index (χ4n) is 5.31. The van der Waals surface area contributed by atoms with Crippen molar-refractivity contribution < 1.29 is 38.3 Å². The van der Waals surface area contributed by atoms with Gasteiger partial charge in [-0.15, -0.1) is 0 Å². The zero-order valence-electron chi connectivity index (χ0n) is 20.7. The van der Waals surface area contributed by atoms with E-state index in [1.165, 1.54) is 13.2 Å². The summed E-state index contributed by atoms with van der Waals surface area (Å²) in [7, 11) is 1.52. The standard InChI is InChI=1S/C27H28FN3O7/c1-35-21-8-15(14-4-6-31(7-5-14)24(34)11-32)2-3-16(21)25-17(28)9-18-19(30-25)10-23(29-18)38-22-13-37-26-20(33)12-36-27(22)26/h2-4,8-10,20,22,26-27,29,32-33H,5-7,11-13H2,1H3/t20-,22-,26-,27-/m1/s1. The summed E-state index contributed by atoms with van der Waals surface area (Å²) in [5.74, 6) is 0.0677. The van der Waals surface area contributed by atoms with Crippen molar-refractivity contribution in [3.05, 3.63) is 47.8 Å². The number of hydrogen-bond acceptors (Lipinski definition) is 8. The monoisotopic (exact) mass is 525 g/mol. The van der Waals surface area contributed by atoms with Crippen LogP contribution in [-0.4, -0.2) is 95.4 Å². The van der Waals surface area contributed by atoms with Crippen molar-refractivity contribution in [3.8, 4) is 22.9 Å². The first kappa shape index (κ1) is 24.8. The lowest BCUT2D eigenvalue weighted by Gasteiger charge is -2.26. The third-order valence-electron chi connectivity index (χ3n) is 7.32. The lowest BCUT2D eigenvalue weighted by molar-refractivity contribution is -0.133. The minimum atomic E-state index is -0.671. The number of hydrogen-bond donors (Lipinski definition) is 3. The highest BCUT2D eigenvalue weighted by atomic mass is 19.1. The number of nitrogens with one attached hydrogen (secondary N) is 1. The molecule has 4 atom stereocenters. The quantitative estimate of drug-likeness (QED) is 0.446. The van der Waals surface area contributed by atoms with Crippen molar-refractivity contribution in [2.75, 3.05) is 40.0 Å². The van der Waals surface area contributed by atoms with Crippen LogP contribution in [0.15, 0.2) is 36.4 Å². The maximum atomic E-state index is 15.2. The van der Waals surface area contributed by atoms with E-state index >= 15 is 4.39 Å². The van der Waals surface area contributed by atoms with Crippen LogP contribution >= 0.6 is 0 Å². The SMILES string of the molecule is COc1cc(C2=CCN(C(=O)CO)CC2)ccc1-c1nc2cc(O[C@@H]3CO[C@H]4[C@@H]3OC[C@H]4O)[nH]c2cc1F. The lowest BCUT2D eigenvalue weighted by Crippen LogP contribution is -2.36. The number of methoxy groups -OCH3 is 1. The van der Waals surface area contributed by atoms with Crippen LogP contribution in [-0.2, 0) is 14.3 Å². The number of pyridine rings is 1. The Morgan fingerprint density at radius 3 is 2.84 bits per heavy atom. The lowest BCUT2D eigenvalue weighted by atomic mass is 9.96. The van der Waals surface area contributed by atoms with Crippen LogP contribution in [0, 0.1) is 5.82 Å². The van der Waals surface area contributed by atoms with Gasteiger partial charge < -0.3 is 39.0 Å². The molecule has 5 heterocycles. The number of carbonyl (C=O) groups excluding carboxylic acids is 1. The van der Waals surface area contributed by atoms with Crippen LogP contribution in [0.3, 0.4) is 0 Å². The van der Waals surface area contributed by atoms with Gasteiger partial charge in [0.25, 0.3) is 0 Å². The maximum absolute atomic E-state index is 15.2. The van der Waals surface area contributed by atoms with Gasteiger partial charge in [-0.3, -0.25) is 4.79 Å². The van der Waals surface area contributed by atoms with Crippen molar-refractivity contribution in [1.82, 2.24) is 14.9 Å². The summed E-state index contributed by atoms with van der Waals surface area (Å²) in [6.45, 7) is 0.923. The normalized spacial score (nSPS) is 24.9. The highest BCUT2D eigenvalue weighted by molar-refractivity contribution is 5.83. The number of aromatic nitrogens is 2. The Hall–Kier alpha value is -3.51. The van der Waals surface area contributed by atoms with Crippen LogP contribution in [0.5, 0.6) is 11.6 Å². The van der Waals surface area contributed by atoms with Crippen molar-refractivity contribution in [1.29, 1.82) is 0 Å². The molecule has 3 aliphatic rings. The van der Waals surface area contributed by atoms with E-state index in [1.54, 1.807) is 17.0 Å². The van der Waals surface area contributed by atoms with E-state index in [0.717, 1.165) is 11.1 Å². The largest absolute Gasteiger partial charge is 0.496 e. The fourth-order valence-corrected chi connectivity index (χ4v) is 5.31. The van der Waals surface area contributed by atoms with Crippen LogP contribution in [0.1, 0.15) is 12.0 Å². The van der Waals surface area contributed by atoms with Gasteiger partial charge in [-0.25, -0.2) is 9.37 Å². The average molecular weight is 526 g/mol. The number of H-pyrrole nitrogens is 1. The number of rotatable bonds is 6. The second kappa shape index (κ2) is 9.99. The third kappa shape index (κ3) is 4.41. The molecule has 1 aromatic carbocycles. The maximum Gasteiger partial charge on any atom is 0.248 e. The van der Waals surface area contributed by atoms with Gasteiger partial charge in [-0.05, 0) is 29.7 Å². The van der Waals surface area contributed by atoms with E-state index in [4.69, 9.17) is 24.1 Å². The van der Waals surface area contributed by atoms with Gasteiger partial charge in [0.15, 0.2) is 17.8 Å². The van der Waals surface area contributed by atoms with E-state index in [0.29, 0.717) is 47.7 Å². The molecule has 6 rings (SSSR count). The molecule has 2 fully saturated rings. The van der Waals surface area contributed by atoms with Crippen LogP contribution in [0.4, 0.5) is 4.39 Å². The molecule has 0 radical (unpaired) electrons. The summed E-state index contributed by atoms with van der Waals surface area (Å²) in [4.78, 5) is 20.9. The number of fused-ring (bicyclic) bond motifs is 2. The average Bonchev–Trinajstić information content (AvgIpc) is 3.64. The topological polar surface area (TPSA) is 126 Å². The molecule has 2 saturated heterocycles. The molecule has 0 bridgehead atoms. The zero-order valence-corrected chi connectivity index (χ0v) is 20.7. The van der Waals surface area contributed by atoms with Crippen molar-refractivity contribution in [3.63, 3.8) is 0 Å². The molecule has 3 aromatic rings. The molecule has 3 aliphatic heterocycles. The second-order valence-electron chi connectivity index (χ2n) is 9.60. The van der Waals surface area contributed by atoms with E-state index < -0.39 is 30.7 Å². The van der Waals surface area contributed by atoms with Crippen LogP contribution in [0.2, 0.25) is 0 Å². The first-order valence-electron chi connectivity index (χ1n) is 12.5. The number of aliphatic hydroxyl groups is 2. The third-order valence-corrected chi connectivity index (χ3v) is 7.32. The van der Waals surface area contributed by atoms with E-state index in [9.17, 15) is 9.90 Å². The van der Waals surface area contributed by atoms with Crippen LogP contribution in [0.25, 0.3) is 27.9 Å². The molecule has 0 spiro atoms. The van der Waals surface area contributed by atoms with E-state index in [2.05, 4.69) is 9.97 Å². The Labute approximate surface area is 217 Å². The Morgan fingerprint density at radius 1 is 1.24 bits per heavy atom. The molecule has 0 aliphatic carbocycles. The first-order chi connectivity index (χ1) is 18.4. The number of ether oxygens (including phenoxy) is 4. The summed E-state index contributed by atoms with van der Waals surface area (Å²) in [5, 5.41) is 19.0. The summed E-state index contributed by atoms with van der Waals surface area (Å²) in [6, 6.07) is 8.58. The summed E-state index contributed by atoms with van der Waals surface area (Å²) < 4.78 is 38.1. The first-order valence-corrected chi connectivity index (χ1v) is 12.5. The van der Waals surface area contributed by atoms with E-state index in [-0.39, 0.29) is 30.9 Å². The predicted octanol–water partition coefficient (Wildman–Crippen LogP) is 1.89. The van der Waals surface area contributed by atoms with Gasteiger partial charge >= 0.3 is 0 Å².